The molecular formula is C22H24F3NO5. The second kappa shape index (κ2) is 9.57. The summed E-state index contributed by atoms with van der Waals surface area (Å²) >= 11 is 0. The fourth-order valence-electron chi connectivity index (χ4n) is 3.79. The van der Waals surface area contributed by atoms with E-state index < -0.39 is 42.9 Å². The SMILES string of the molecule is CC(c1ccc(OC(F)F)cc1)N1CC[C@](C[C@H](O)CO)(c2ccc(F)cc2)OC1=O. The van der Waals surface area contributed by atoms with Crippen LogP contribution in [-0.4, -0.2) is 47.1 Å². The molecule has 9 heteroatoms. The second-order valence-corrected chi connectivity index (χ2v) is 7.48. The quantitative estimate of drug-likeness (QED) is 0.651. The molecule has 0 bridgehead atoms. The van der Waals surface area contributed by atoms with Gasteiger partial charge in [-0.05, 0) is 42.3 Å². The summed E-state index contributed by atoms with van der Waals surface area (Å²) in [5, 5.41) is 19.3. The van der Waals surface area contributed by atoms with E-state index >= 15 is 0 Å². The van der Waals surface area contributed by atoms with Crippen molar-refractivity contribution in [2.45, 2.75) is 44.1 Å². The third-order valence-corrected chi connectivity index (χ3v) is 5.48. The topological polar surface area (TPSA) is 79.2 Å². The summed E-state index contributed by atoms with van der Waals surface area (Å²) in [6.07, 6.45) is -1.49. The molecule has 2 aromatic carbocycles. The van der Waals surface area contributed by atoms with Crippen molar-refractivity contribution in [2.75, 3.05) is 13.2 Å². The number of ether oxygens (including phenoxy) is 2. The van der Waals surface area contributed by atoms with Crippen molar-refractivity contribution in [2.24, 2.45) is 0 Å². The average molecular weight is 439 g/mol. The third kappa shape index (κ3) is 5.29. The van der Waals surface area contributed by atoms with Crippen molar-refractivity contribution in [1.29, 1.82) is 0 Å². The van der Waals surface area contributed by atoms with Crippen LogP contribution in [0.2, 0.25) is 0 Å². The van der Waals surface area contributed by atoms with Gasteiger partial charge in [-0.2, -0.15) is 8.78 Å². The number of halogens is 3. The Morgan fingerprint density at radius 2 is 1.81 bits per heavy atom. The van der Waals surface area contributed by atoms with Crippen LogP contribution in [0, 0.1) is 5.82 Å². The lowest BCUT2D eigenvalue weighted by molar-refractivity contribution is -0.0892. The summed E-state index contributed by atoms with van der Waals surface area (Å²) in [6.45, 7) is -1.38. The molecule has 1 unspecified atom stereocenters. The van der Waals surface area contributed by atoms with Gasteiger partial charge in [0.1, 0.15) is 17.2 Å². The van der Waals surface area contributed by atoms with Gasteiger partial charge in [0.15, 0.2) is 0 Å². The Hall–Kier alpha value is -2.78. The van der Waals surface area contributed by atoms with Crippen LogP contribution in [0.4, 0.5) is 18.0 Å². The first kappa shape index (κ1) is 22.9. The summed E-state index contributed by atoms with van der Waals surface area (Å²) in [4.78, 5) is 14.4. The number of aliphatic hydroxyl groups excluding tert-OH is 2. The fraction of sp³-hybridized carbons (Fsp3) is 0.409. The Morgan fingerprint density at radius 1 is 1.16 bits per heavy atom. The fourth-order valence-corrected chi connectivity index (χ4v) is 3.79. The van der Waals surface area contributed by atoms with E-state index in [1.807, 2.05) is 0 Å². The zero-order valence-electron chi connectivity index (χ0n) is 16.9. The van der Waals surface area contributed by atoms with Crippen LogP contribution in [0.5, 0.6) is 5.75 Å². The van der Waals surface area contributed by atoms with E-state index in [1.54, 1.807) is 19.1 Å². The standard InChI is InChI=1S/C22H24F3NO5/c1-14(15-2-8-19(9-3-15)30-20(24)25)26-11-10-22(31-21(26)29,12-18(28)13-27)16-4-6-17(23)7-5-16/h2-9,14,18,20,27-28H,10-13H2,1H3/t14?,18-,22-/m0/s1. The Balaban J connectivity index is 1.79. The predicted molar refractivity (Wildman–Crippen MR) is 105 cm³/mol. The Bertz CT molecular complexity index is 878. The van der Waals surface area contributed by atoms with Gasteiger partial charge in [-0.1, -0.05) is 24.3 Å². The maximum absolute atomic E-state index is 13.4. The summed E-state index contributed by atoms with van der Waals surface area (Å²) in [7, 11) is 0. The highest BCUT2D eigenvalue weighted by Crippen LogP contribution is 2.40. The van der Waals surface area contributed by atoms with Crippen LogP contribution in [0.3, 0.4) is 0 Å². The largest absolute Gasteiger partial charge is 0.438 e. The van der Waals surface area contributed by atoms with Gasteiger partial charge >= 0.3 is 12.7 Å². The molecule has 0 radical (unpaired) electrons. The Kier molecular flexibility index (Phi) is 7.07. The van der Waals surface area contributed by atoms with E-state index in [2.05, 4.69) is 4.74 Å². The van der Waals surface area contributed by atoms with Crippen molar-refractivity contribution in [1.82, 2.24) is 4.90 Å². The van der Waals surface area contributed by atoms with Crippen molar-refractivity contribution in [3.63, 3.8) is 0 Å². The number of nitrogens with zero attached hydrogens (tertiary/aromatic N) is 1. The number of aliphatic hydroxyl groups is 2. The summed E-state index contributed by atoms with van der Waals surface area (Å²) in [5.74, 6) is -0.432. The molecule has 1 aliphatic rings. The molecule has 3 atom stereocenters. The Labute approximate surface area is 177 Å². The summed E-state index contributed by atoms with van der Waals surface area (Å²) < 4.78 is 48.1. The van der Waals surface area contributed by atoms with Gasteiger partial charge in [-0.25, -0.2) is 9.18 Å². The highest BCUT2D eigenvalue weighted by atomic mass is 19.3. The van der Waals surface area contributed by atoms with Crippen molar-refractivity contribution in [3.05, 3.63) is 65.5 Å². The first-order valence-electron chi connectivity index (χ1n) is 9.83. The summed E-state index contributed by atoms with van der Waals surface area (Å²) in [6, 6.07) is 11.0. The molecule has 6 nitrogen and oxygen atoms in total. The lowest BCUT2D eigenvalue weighted by Crippen LogP contribution is -2.50. The molecule has 0 aliphatic carbocycles. The van der Waals surface area contributed by atoms with E-state index in [0.717, 1.165) is 0 Å². The molecule has 1 saturated heterocycles. The van der Waals surface area contributed by atoms with Crippen LogP contribution in [0.25, 0.3) is 0 Å². The molecule has 31 heavy (non-hydrogen) atoms. The van der Waals surface area contributed by atoms with E-state index in [9.17, 15) is 28.2 Å². The number of carbonyl (C=O) groups is 1. The third-order valence-electron chi connectivity index (χ3n) is 5.48. The zero-order valence-corrected chi connectivity index (χ0v) is 16.9. The maximum atomic E-state index is 13.4. The van der Waals surface area contributed by atoms with Crippen molar-refractivity contribution in [3.8, 4) is 5.75 Å². The first-order valence-corrected chi connectivity index (χ1v) is 9.83. The molecule has 1 aliphatic heterocycles. The van der Waals surface area contributed by atoms with Crippen molar-refractivity contribution >= 4 is 6.09 Å². The number of carbonyl (C=O) groups excluding carboxylic acids is 1. The number of cyclic esters (lactones) is 1. The molecule has 168 valence electrons. The minimum atomic E-state index is -2.92. The molecule has 0 spiro atoms. The van der Waals surface area contributed by atoms with Crippen LogP contribution >= 0.6 is 0 Å². The second-order valence-electron chi connectivity index (χ2n) is 7.48. The average Bonchev–Trinajstić information content (AvgIpc) is 2.74. The molecule has 1 fully saturated rings. The molecular weight excluding hydrogens is 415 g/mol. The number of rotatable bonds is 8. The molecule has 1 heterocycles. The smallest absolute Gasteiger partial charge is 0.411 e. The van der Waals surface area contributed by atoms with Gasteiger partial charge in [0.2, 0.25) is 0 Å². The lowest BCUT2D eigenvalue weighted by Gasteiger charge is -2.44. The molecule has 3 rings (SSSR count). The predicted octanol–water partition coefficient (Wildman–Crippen LogP) is 3.97. The van der Waals surface area contributed by atoms with E-state index in [4.69, 9.17) is 4.74 Å². The van der Waals surface area contributed by atoms with E-state index in [-0.39, 0.29) is 18.7 Å². The van der Waals surface area contributed by atoms with E-state index in [0.29, 0.717) is 17.5 Å². The number of hydrogen-bond acceptors (Lipinski definition) is 5. The molecule has 1 amide bonds. The molecule has 2 aromatic rings. The zero-order chi connectivity index (χ0) is 22.6. The minimum Gasteiger partial charge on any atom is -0.438 e. The minimum absolute atomic E-state index is 0.0143. The first-order chi connectivity index (χ1) is 14.7. The van der Waals surface area contributed by atoms with Gasteiger partial charge in [0.25, 0.3) is 0 Å². The van der Waals surface area contributed by atoms with Crippen LogP contribution in [0.1, 0.15) is 36.9 Å². The lowest BCUT2D eigenvalue weighted by atomic mass is 9.83. The number of alkyl halides is 2. The van der Waals surface area contributed by atoms with Gasteiger partial charge < -0.3 is 24.6 Å². The van der Waals surface area contributed by atoms with Gasteiger partial charge in [-0.3, -0.25) is 0 Å². The monoisotopic (exact) mass is 439 g/mol. The molecule has 0 saturated carbocycles. The van der Waals surface area contributed by atoms with Gasteiger partial charge in [0, 0.05) is 19.4 Å². The molecule has 2 N–H and O–H groups in total. The van der Waals surface area contributed by atoms with Crippen LogP contribution in [-0.2, 0) is 10.3 Å². The molecule has 0 aromatic heterocycles. The number of benzene rings is 2. The summed E-state index contributed by atoms with van der Waals surface area (Å²) in [5.41, 5.74) is 0.0109. The number of hydrogen-bond donors (Lipinski definition) is 2. The van der Waals surface area contributed by atoms with Crippen molar-refractivity contribution < 1.29 is 37.7 Å². The van der Waals surface area contributed by atoms with Gasteiger partial charge in [-0.15, -0.1) is 0 Å². The van der Waals surface area contributed by atoms with Crippen LogP contribution < -0.4 is 4.74 Å². The number of amides is 1. The highest BCUT2D eigenvalue weighted by molar-refractivity contribution is 5.70. The highest BCUT2D eigenvalue weighted by Gasteiger charge is 2.44. The van der Waals surface area contributed by atoms with E-state index in [1.165, 1.54) is 41.3 Å². The normalized spacial score (nSPS) is 21.0. The maximum Gasteiger partial charge on any atom is 0.411 e. The van der Waals surface area contributed by atoms with Gasteiger partial charge in [0.05, 0.1) is 18.8 Å². The Morgan fingerprint density at radius 3 is 2.35 bits per heavy atom. The van der Waals surface area contributed by atoms with Crippen LogP contribution in [0.15, 0.2) is 48.5 Å².